The standard InChI is InChI=1S/C24H30N6/c25-13-1-7-19-20(8-2-14-26)22(10-4-16-28)24(12-6-18-30)23(11-5-17-29)21(19)9-3-15-27/h19-24H,1-12H2. The second-order valence-electron chi connectivity index (χ2n) is 8.16. The van der Waals surface area contributed by atoms with Crippen LogP contribution in [0.3, 0.4) is 0 Å². The summed E-state index contributed by atoms with van der Waals surface area (Å²) in [6, 6.07) is 13.5. The minimum Gasteiger partial charge on any atom is -0.198 e. The van der Waals surface area contributed by atoms with Crippen molar-refractivity contribution in [1.82, 2.24) is 0 Å². The molecule has 0 aromatic carbocycles. The molecule has 6 nitrogen and oxygen atoms in total. The molecule has 0 radical (unpaired) electrons. The average Bonchev–Trinajstić information content (AvgIpc) is 2.76. The number of nitriles is 6. The first-order valence-corrected chi connectivity index (χ1v) is 10.9. The number of hydrogen-bond acceptors (Lipinski definition) is 6. The summed E-state index contributed by atoms with van der Waals surface area (Å²) in [4.78, 5) is 0. The Hall–Kier alpha value is -3.06. The SMILES string of the molecule is N#CCCC1C(CCC#N)C(CCC#N)C(CCC#N)C(CCC#N)C1CCC#N. The van der Waals surface area contributed by atoms with Crippen LogP contribution in [0.25, 0.3) is 0 Å². The molecule has 1 aliphatic carbocycles. The van der Waals surface area contributed by atoms with Gasteiger partial charge < -0.3 is 0 Å². The zero-order valence-corrected chi connectivity index (χ0v) is 17.6. The van der Waals surface area contributed by atoms with Crippen molar-refractivity contribution in [3.63, 3.8) is 0 Å². The van der Waals surface area contributed by atoms with E-state index in [9.17, 15) is 31.6 Å². The Morgan fingerprint density at radius 1 is 0.300 bits per heavy atom. The third-order valence-electron chi connectivity index (χ3n) is 6.84. The molecule has 0 N–H and O–H groups in total. The average molecular weight is 403 g/mol. The topological polar surface area (TPSA) is 143 Å². The lowest BCUT2D eigenvalue weighted by Crippen LogP contribution is -2.46. The van der Waals surface area contributed by atoms with Gasteiger partial charge in [-0.3, -0.25) is 0 Å². The minimum absolute atomic E-state index is 0.206. The van der Waals surface area contributed by atoms with E-state index in [4.69, 9.17) is 0 Å². The maximum Gasteiger partial charge on any atom is 0.0621 e. The van der Waals surface area contributed by atoms with E-state index >= 15 is 0 Å². The van der Waals surface area contributed by atoms with Gasteiger partial charge in [0.05, 0.1) is 36.4 Å². The zero-order valence-electron chi connectivity index (χ0n) is 17.6. The molecule has 0 aromatic heterocycles. The van der Waals surface area contributed by atoms with E-state index in [-0.39, 0.29) is 35.5 Å². The van der Waals surface area contributed by atoms with E-state index in [2.05, 4.69) is 36.4 Å². The van der Waals surface area contributed by atoms with Gasteiger partial charge in [-0.1, -0.05) is 0 Å². The summed E-state index contributed by atoms with van der Waals surface area (Å²) < 4.78 is 0. The molecule has 156 valence electrons. The van der Waals surface area contributed by atoms with Gasteiger partial charge in [0.15, 0.2) is 0 Å². The van der Waals surface area contributed by atoms with Gasteiger partial charge >= 0.3 is 0 Å². The fourth-order valence-electron chi connectivity index (χ4n) is 5.86. The molecule has 1 aliphatic rings. The molecule has 6 heteroatoms. The first-order chi connectivity index (χ1) is 14.7. The molecule has 0 atom stereocenters. The number of rotatable bonds is 12. The van der Waals surface area contributed by atoms with Crippen LogP contribution in [0.4, 0.5) is 0 Å². The van der Waals surface area contributed by atoms with Crippen LogP contribution in [-0.4, -0.2) is 0 Å². The summed E-state index contributed by atoms with van der Waals surface area (Å²) in [5.74, 6) is 1.23. The van der Waals surface area contributed by atoms with Crippen molar-refractivity contribution < 1.29 is 0 Å². The number of hydrogen-bond donors (Lipinski definition) is 0. The largest absolute Gasteiger partial charge is 0.198 e. The summed E-state index contributed by atoms with van der Waals surface area (Å²) in [7, 11) is 0. The normalized spacial score (nSPS) is 27.4. The first kappa shape index (κ1) is 25.0. The molecular formula is C24H30N6. The van der Waals surface area contributed by atoms with Crippen LogP contribution >= 0.6 is 0 Å². The lowest BCUT2D eigenvalue weighted by atomic mass is 9.52. The Morgan fingerprint density at radius 3 is 0.533 bits per heavy atom. The second-order valence-corrected chi connectivity index (χ2v) is 8.16. The van der Waals surface area contributed by atoms with Gasteiger partial charge in [-0.2, -0.15) is 31.6 Å². The lowest BCUT2D eigenvalue weighted by molar-refractivity contribution is -0.0404. The van der Waals surface area contributed by atoms with Gasteiger partial charge in [-0.25, -0.2) is 0 Å². The quantitative estimate of drug-likeness (QED) is 0.420. The number of nitrogens with zero attached hydrogens (tertiary/aromatic N) is 6. The predicted molar refractivity (Wildman–Crippen MR) is 110 cm³/mol. The van der Waals surface area contributed by atoms with E-state index in [1.807, 2.05) is 0 Å². The molecule has 0 bridgehead atoms. The van der Waals surface area contributed by atoms with Crippen molar-refractivity contribution in [2.45, 2.75) is 77.0 Å². The lowest BCUT2D eigenvalue weighted by Gasteiger charge is -2.53. The summed E-state index contributed by atoms with van der Waals surface area (Å²) >= 11 is 0. The van der Waals surface area contributed by atoms with Crippen molar-refractivity contribution >= 4 is 0 Å². The molecule has 0 aliphatic heterocycles. The Balaban J connectivity index is 3.44. The molecule has 30 heavy (non-hydrogen) atoms. The van der Waals surface area contributed by atoms with Crippen LogP contribution in [-0.2, 0) is 0 Å². The Morgan fingerprint density at radius 2 is 0.433 bits per heavy atom. The highest BCUT2D eigenvalue weighted by molar-refractivity contribution is 5.00. The Labute approximate surface area is 180 Å². The van der Waals surface area contributed by atoms with E-state index < -0.39 is 0 Å². The van der Waals surface area contributed by atoms with Gasteiger partial charge in [0, 0.05) is 38.5 Å². The fraction of sp³-hybridized carbons (Fsp3) is 0.750. The minimum atomic E-state index is 0.206. The Kier molecular flexibility index (Phi) is 12.4. The highest BCUT2D eigenvalue weighted by Crippen LogP contribution is 2.55. The van der Waals surface area contributed by atoms with Crippen LogP contribution < -0.4 is 0 Å². The maximum atomic E-state index is 9.23. The van der Waals surface area contributed by atoms with Gasteiger partial charge in [0.1, 0.15) is 0 Å². The summed E-state index contributed by atoms with van der Waals surface area (Å²) in [5.41, 5.74) is 0. The van der Waals surface area contributed by atoms with E-state index in [1.165, 1.54) is 0 Å². The van der Waals surface area contributed by atoms with Crippen LogP contribution in [0.15, 0.2) is 0 Å². The van der Waals surface area contributed by atoms with Crippen LogP contribution in [0.5, 0.6) is 0 Å². The molecule has 1 saturated carbocycles. The predicted octanol–water partition coefficient (Wildman–Crippen LogP) is 5.52. The molecule has 1 rings (SSSR count). The fourth-order valence-corrected chi connectivity index (χ4v) is 5.86. The van der Waals surface area contributed by atoms with Gasteiger partial charge in [0.2, 0.25) is 0 Å². The molecule has 0 saturated heterocycles. The highest BCUT2D eigenvalue weighted by Gasteiger charge is 2.48. The highest BCUT2D eigenvalue weighted by atomic mass is 14.5. The summed E-state index contributed by atoms with van der Waals surface area (Å²) in [6.07, 6.45) is 6.89. The first-order valence-electron chi connectivity index (χ1n) is 10.9. The van der Waals surface area contributed by atoms with Crippen molar-refractivity contribution in [2.24, 2.45) is 35.5 Å². The molecule has 0 amide bonds. The second kappa shape index (κ2) is 14.9. The molecule has 0 spiro atoms. The van der Waals surface area contributed by atoms with Crippen molar-refractivity contribution in [2.75, 3.05) is 0 Å². The summed E-state index contributed by atoms with van der Waals surface area (Å²) in [6.45, 7) is 0. The third kappa shape index (κ3) is 7.08. The molecule has 0 unspecified atom stereocenters. The maximum absolute atomic E-state index is 9.23. The van der Waals surface area contributed by atoms with Crippen LogP contribution in [0, 0.1) is 103 Å². The zero-order chi connectivity index (χ0) is 22.2. The molecule has 1 fully saturated rings. The van der Waals surface area contributed by atoms with E-state index in [0.29, 0.717) is 38.5 Å². The van der Waals surface area contributed by atoms with Gasteiger partial charge in [0.25, 0.3) is 0 Å². The smallest absolute Gasteiger partial charge is 0.0621 e. The molecular weight excluding hydrogens is 372 g/mol. The Bertz CT molecular complexity index is 580. The van der Waals surface area contributed by atoms with Crippen LogP contribution in [0.2, 0.25) is 0 Å². The van der Waals surface area contributed by atoms with Gasteiger partial charge in [-0.05, 0) is 74.0 Å². The molecule has 0 aromatic rings. The van der Waals surface area contributed by atoms with Crippen molar-refractivity contribution in [3.8, 4) is 36.4 Å². The van der Waals surface area contributed by atoms with Crippen molar-refractivity contribution in [1.29, 1.82) is 31.6 Å². The van der Waals surface area contributed by atoms with Crippen LogP contribution in [0.1, 0.15) is 77.0 Å². The van der Waals surface area contributed by atoms with E-state index in [1.54, 1.807) is 0 Å². The third-order valence-corrected chi connectivity index (χ3v) is 6.84. The summed E-state index contributed by atoms with van der Waals surface area (Å²) in [5, 5.41) is 55.4. The van der Waals surface area contributed by atoms with Crippen molar-refractivity contribution in [3.05, 3.63) is 0 Å². The monoisotopic (exact) mass is 402 g/mol. The molecule has 0 heterocycles. The van der Waals surface area contributed by atoms with E-state index in [0.717, 1.165) is 38.5 Å². The van der Waals surface area contributed by atoms with Gasteiger partial charge in [-0.15, -0.1) is 0 Å².